The smallest absolute Gasteiger partial charge is 0.375 e. The van der Waals surface area contributed by atoms with Crippen molar-refractivity contribution in [2.45, 2.75) is 85.4 Å². The molecule has 147 valence electrons. The number of ketones is 1. The molecule has 2 aliphatic carbocycles. The molecule has 1 aliphatic heterocycles. The van der Waals surface area contributed by atoms with E-state index in [1.54, 1.807) is 0 Å². The second-order valence-corrected chi connectivity index (χ2v) is 8.96. The summed E-state index contributed by atoms with van der Waals surface area (Å²) < 4.78 is 11.6. The van der Waals surface area contributed by atoms with Gasteiger partial charge in [-0.2, -0.15) is 0 Å². The zero-order chi connectivity index (χ0) is 19.8. The highest BCUT2D eigenvalue weighted by atomic mass is 16.5. The van der Waals surface area contributed by atoms with Gasteiger partial charge in [-0.25, -0.2) is 0 Å². The molecule has 0 saturated carbocycles. The van der Waals surface area contributed by atoms with Crippen LogP contribution in [0.4, 0.5) is 0 Å². The fourth-order valence-corrected chi connectivity index (χ4v) is 4.80. The molecule has 1 fully saturated rings. The minimum absolute atomic E-state index is 0.0767. The molecule has 0 bridgehead atoms. The zero-order valence-electron chi connectivity index (χ0n) is 17.4. The van der Waals surface area contributed by atoms with Crippen LogP contribution >= 0.6 is 0 Å². The maximum Gasteiger partial charge on any atom is 0.375 e. The van der Waals surface area contributed by atoms with Gasteiger partial charge in [0.15, 0.2) is 0 Å². The van der Waals surface area contributed by atoms with Crippen LogP contribution in [-0.4, -0.2) is 37.8 Å². The SMILES string of the molecule is CC(=O)[B]OC1CC/C(C)=C(\C(C)C)CC(=O)[C@]2(C)CCC3OCC3=C2C1. The Hall–Kier alpha value is -1.20. The number of carbonyl (C=O) groups excluding carboxylic acids is 2. The molecular weight excluding hydrogens is 339 g/mol. The summed E-state index contributed by atoms with van der Waals surface area (Å²) in [6.07, 6.45) is 4.88. The Bertz CT molecular complexity index is 690. The van der Waals surface area contributed by atoms with Crippen molar-refractivity contribution in [3.63, 3.8) is 0 Å². The summed E-state index contributed by atoms with van der Waals surface area (Å²) in [5, 5.41) is 0. The maximum atomic E-state index is 13.5. The van der Waals surface area contributed by atoms with Gasteiger partial charge in [0.25, 0.3) is 0 Å². The van der Waals surface area contributed by atoms with E-state index >= 15 is 0 Å². The van der Waals surface area contributed by atoms with Crippen molar-refractivity contribution in [3.05, 3.63) is 22.3 Å². The first-order chi connectivity index (χ1) is 12.7. The van der Waals surface area contributed by atoms with E-state index in [4.69, 9.17) is 9.39 Å². The van der Waals surface area contributed by atoms with Crippen LogP contribution in [0, 0.1) is 11.3 Å². The lowest BCUT2D eigenvalue weighted by molar-refractivity contribution is -0.128. The molecule has 3 aliphatic rings. The van der Waals surface area contributed by atoms with Crippen molar-refractivity contribution < 1.29 is 19.0 Å². The quantitative estimate of drug-likeness (QED) is 0.550. The fraction of sp³-hybridized carbons (Fsp3) is 0.727. The molecular formula is C22H32BO4. The van der Waals surface area contributed by atoms with Crippen LogP contribution in [0.5, 0.6) is 0 Å². The topological polar surface area (TPSA) is 52.6 Å². The number of hydrogen-bond donors (Lipinski definition) is 0. The van der Waals surface area contributed by atoms with Crippen LogP contribution < -0.4 is 0 Å². The van der Waals surface area contributed by atoms with E-state index in [2.05, 4.69) is 27.7 Å². The first-order valence-corrected chi connectivity index (χ1v) is 10.3. The molecule has 0 aromatic heterocycles. The maximum absolute atomic E-state index is 13.5. The Balaban J connectivity index is 1.99. The van der Waals surface area contributed by atoms with Crippen molar-refractivity contribution in [3.8, 4) is 0 Å². The van der Waals surface area contributed by atoms with E-state index in [-0.39, 0.29) is 17.9 Å². The van der Waals surface area contributed by atoms with E-state index in [1.165, 1.54) is 36.7 Å². The highest BCUT2D eigenvalue weighted by Crippen LogP contribution is 2.49. The van der Waals surface area contributed by atoms with Gasteiger partial charge in [-0.05, 0) is 64.4 Å². The molecule has 1 heterocycles. The number of rotatable bonds is 4. The summed E-state index contributed by atoms with van der Waals surface area (Å²) in [6.45, 7) is 10.8. The molecule has 2 unspecified atom stereocenters. The zero-order valence-corrected chi connectivity index (χ0v) is 17.4. The summed E-state index contributed by atoms with van der Waals surface area (Å²) in [5.74, 6) is 0.689. The van der Waals surface area contributed by atoms with Gasteiger partial charge in [0, 0.05) is 17.9 Å². The molecule has 3 rings (SSSR count). The van der Waals surface area contributed by atoms with Gasteiger partial charge in [0.2, 0.25) is 0 Å². The Labute approximate surface area is 164 Å². The predicted molar refractivity (Wildman–Crippen MR) is 106 cm³/mol. The standard InChI is InChI=1S/C22H32BO4/c1-13(2)17-11-21(25)22(5)9-8-20-18(12-26-20)19(22)10-16(7-6-14(17)3)27-23-15(4)24/h13,16,20H,6-12H2,1-5H3/b17-14-/t16?,20?,22-/m1/s1. The highest BCUT2D eigenvalue weighted by Gasteiger charge is 2.47. The predicted octanol–water partition coefficient (Wildman–Crippen LogP) is 4.15. The minimum atomic E-state index is -0.439. The van der Waals surface area contributed by atoms with Gasteiger partial charge in [0.05, 0.1) is 12.7 Å². The second kappa shape index (κ2) is 8.04. The van der Waals surface area contributed by atoms with E-state index in [9.17, 15) is 9.59 Å². The number of hydrogen-bond acceptors (Lipinski definition) is 4. The van der Waals surface area contributed by atoms with Gasteiger partial charge in [-0.15, -0.1) is 0 Å². The molecule has 0 aromatic carbocycles. The third-order valence-electron chi connectivity index (χ3n) is 6.70. The van der Waals surface area contributed by atoms with Crippen LogP contribution in [-0.2, 0) is 19.0 Å². The largest absolute Gasteiger partial charge is 0.429 e. The van der Waals surface area contributed by atoms with Crippen molar-refractivity contribution >= 4 is 18.9 Å². The fourth-order valence-electron chi connectivity index (χ4n) is 4.80. The number of allylic oxidation sites excluding steroid dienone is 2. The number of carbonyl (C=O) groups is 2. The lowest BCUT2D eigenvalue weighted by Gasteiger charge is -2.46. The van der Waals surface area contributed by atoms with Gasteiger partial charge in [-0.3, -0.25) is 4.79 Å². The van der Waals surface area contributed by atoms with Gasteiger partial charge in [0.1, 0.15) is 11.5 Å². The van der Waals surface area contributed by atoms with E-state index in [1.807, 2.05) is 0 Å². The summed E-state index contributed by atoms with van der Waals surface area (Å²) in [4.78, 5) is 24.9. The summed E-state index contributed by atoms with van der Waals surface area (Å²) in [5.41, 5.74) is 4.59. The number of Topliss-reactive ketones (excluding diaryl/α,β-unsaturated/α-hetero) is 1. The van der Waals surface area contributed by atoms with Gasteiger partial charge in [-0.1, -0.05) is 30.6 Å². The molecule has 1 radical (unpaired) electrons. The Morgan fingerprint density at radius 3 is 2.67 bits per heavy atom. The minimum Gasteiger partial charge on any atom is -0.429 e. The third-order valence-corrected chi connectivity index (χ3v) is 6.70. The van der Waals surface area contributed by atoms with Gasteiger partial charge >= 0.3 is 7.48 Å². The molecule has 0 amide bonds. The molecule has 0 aromatic rings. The van der Waals surface area contributed by atoms with Crippen molar-refractivity contribution in [1.29, 1.82) is 0 Å². The number of ether oxygens (including phenoxy) is 1. The van der Waals surface area contributed by atoms with Crippen molar-refractivity contribution in [1.82, 2.24) is 0 Å². The molecule has 1 saturated heterocycles. The molecule has 0 spiro atoms. The molecule has 0 N–H and O–H groups in total. The molecule has 4 nitrogen and oxygen atoms in total. The molecule has 3 atom stereocenters. The lowest BCUT2D eigenvalue weighted by atomic mass is 9.63. The Morgan fingerprint density at radius 2 is 2.07 bits per heavy atom. The third kappa shape index (κ3) is 4.14. The second-order valence-electron chi connectivity index (χ2n) is 8.96. The average molecular weight is 371 g/mol. The summed E-state index contributed by atoms with van der Waals surface area (Å²) >= 11 is 0. The van der Waals surface area contributed by atoms with E-state index in [0.29, 0.717) is 31.1 Å². The summed E-state index contributed by atoms with van der Waals surface area (Å²) in [7, 11) is 1.33. The first-order valence-electron chi connectivity index (χ1n) is 10.3. The first kappa shape index (κ1) is 20.5. The van der Waals surface area contributed by atoms with E-state index in [0.717, 1.165) is 25.7 Å². The van der Waals surface area contributed by atoms with Crippen LogP contribution in [0.2, 0.25) is 0 Å². The van der Waals surface area contributed by atoms with Crippen LogP contribution in [0.1, 0.15) is 73.1 Å². The normalized spacial score (nSPS) is 34.7. The molecule has 5 heteroatoms. The van der Waals surface area contributed by atoms with Crippen LogP contribution in [0.3, 0.4) is 0 Å². The highest BCUT2D eigenvalue weighted by molar-refractivity contribution is 6.68. The summed E-state index contributed by atoms with van der Waals surface area (Å²) in [6, 6.07) is 0. The Morgan fingerprint density at radius 1 is 1.33 bits per heavy atom. The van der Waals surface area contributed by atoms with E-state index < -0.39 is 5.41 Å². The lowest BCUT2D eigenvalue weighted by Crippen LogP contribution is -2.45. The molecule has 27 heavy (non-hydrogen) atoms. The average Bonchev–Trinajstić information content (AvgIpc) is 2.57. The van der Waals surface area contributed by atoms with Gasteiger partial charge < -0.3 is 14.2 Å². The number of fused-ring (bicyclic) bond motifs is 2. The monoisotopic (exact) mass is 371 g/mol. The van der Waals surface area contributed by atoms with Crippen LogP contribution in [0.15, 0.2) is 22.3 Å². The van der Waals surface area contributed by atoms with Crippen molar-refractivity contribution in [2.24, 2.45) is 11.3 Å². The Kier molecular flexibility index (Phi) is 6.12. The van der Waals surface area contributed by atoms with Crippen molar-refractivity contribution in [2.75, 3.05) is 6.61 Å². The van der Waals surface area contributed by atoms with Crippen LogP contribution in [0.25, 0.3) is 0 Å².